The van der Waals surface area contributed by atoms with Gasteiger partial charge in [-0.05, 0) is 34.1 Å². The van der Waals surface area contributed by atoms with Gasteiger partial charge in [-0.1, -0.05) is 11.6 Å². The van der Waals surface area contributed by atoms with Crippen molar-refractivity contribution >= 4 is 33.2 Å². The van der Waals surface area contributed by atoms with E-state index >= 15 is 0 Å². The average Bonchev–Trinajstić information content (AvgIpc) is 2.29. The Labute approximate surface area is 115 Å². The smallest absolute Gasteiger partial charge is 0.167 e. The summed E-state index contributed by atoms with van der Waals surface area (Å²) in [5.41, 5.74) is 5.69. The molecule has 0 bridgehead atoms. The summed E-state index contributed by atoms with van der Waals surface area (Å²) in [6.45, 7) is 0. The van der Waals surface area contributed by atoms with Crippen molar-refractivity contribution in [3.05, 3.63) is 51.5 Å². The lowest BCUT2D eigenvalue weighted by molar-refractivity contribution is 0.437. The average molecular weight is 335 g/mol. The molecule has 0 amide bonds. The normalized spacial score (nSPS) is 10.4. The van der Waals surface area contributed by atoms with Gasteiger partial charge in [-0.2, -0.15) is 0 Å². The quantitative estimate of drug-likeness (QED) is 0.635. The van der Waals surface area contributed by atoms with Crippen LogP contribution in [0.25, 0.3) is 0 Å². The number of ether oxygens (including phenoxy) is 1. The van der Waals surface area contributed by atoms with Crippen LogP contribution in [0, 0.1) is 11.6 Å². The Morgan fingerprint density at radius 2 is 1.78 bits per heavy atom. The molecule has 0 spiro atoms. The van der Waals surface area contributed by atoms with Crippen molar-refractivity contribution in [3.63, 3.8) is 0 Å². The van der Waals surface area contributed by atoms with Crippen LogP contribution in [-0.2, 0) is 0 Å². The van der Waals surface area contributed by atoms with Gasteiger partial charge >= 0.3 is 0 Å². The number of rotatable bonds is 2. The Balaban J connectivity index is 2.37. The lowest BCUT2D eigenvalue weighted by Crippen LogP contribution is -1.93. The van der Waals surface area contributed by atoms with E-state index in [-0.39, 0.29) is 22.2 Å². The van der Waals surface area contributed by atoms with Gasteiger partial charge in [0.05, 0.1) is 9.50 Å². The van der Waals surface area contributed by atoms with E-state index in [9.17, 15) is 8.78 Å². The fourth-order valence-electron chi connectivity index (χ4n) is 1.30. The molecule has 0 aliphatic rings. The third kappa shape index (κ3) is 2.73. The Kier molecular flexibility index (Phi) is 3.73. The van der Waals surface area contributed by atoms with E-state index in [0.717, 1.165) is 12.1 Å². The molecule has 94 valence electrons. The molecule has 18 heavy (non-hydrogen) atoms. The van der Waals surface area contributed by atoms with Crippen molar-refractivity contribution in [1.82, 2.24) is 0 Å². The molecule has 2 aromatic carbocycles. The molecule has 0 radical (unpaired) electrons. The molecule has 2 aromatic rings. The first-order valence-corrected chi connectivity index (χ1v) is 6.02. The molecule has 0 aliphatic carbocycles. The number of benzene rings is 2. The van der Waals surface area contributed by atoms with E-state index in [0.29, 0.717) is 4.47 Å². The molecule has 0 unspecified atom stereocenters. The highest BCUT2D eigenvalue weighted by Crippen LogP contribution is 2.34. The van der Waals surface area contributed by atoms with E-state index in [1.54, 1.807) is 0 Å². The van der Waals surface area contributed by atoms with Crippen molar-refractivity contribution in [2.24, 2.45) is 0 Å². The summed E-state index contributed by atoms with van der Waals surface area (Å²) in [5, 5.41) is -0.0491. The van der Waals surface area contributed by atoms with E-state index < -0.39 is 11.6 Å². The zero-order valence-corrected chi connectivity index (χ0v) is 11.2. The van der Waals surface area contributed by atoms with Crippen LogP contribution in [0.1, 0.15) is 0 Å². The number of nitrogens with two attached hydrogens (primary N) is 1. The van der Waals surface area contributed by atoms with Crippen LogP contribution >= 0.6 is 27.5 Å². The highest BCUT2D eigenvalue weighted by atomic mass is 79.9. The van der Waals surface area contributed by atoms with Gasteiger partial charge < -0.3 is 10.5 Å². The Bertz CT molecular complexity index is 607. The molecule has 2 N–H and O–H groups in total. The van der Waals surface area contributed by atoms with Crippen LogP contribution in [0.4, 0.5) is 14.5 Å². The van der Waals surface area contributed by atoms with Crippen LogP contribution in [0.15, 0.2) is 34.8 Å². The minimum atomic E-state index is -0.647. The van der Waals surface area contributed by atoms with Gasteiger partial charge in [-0.25, -0.2) is 8.78 Å². The van der Waals surface area contributed by atoms with Crippen LogP contribution in [-0.4, -0.2) is 0 Å². The number of hydrogen-bond donors (Lipinski definition) is 1. The molecule has 0 fully saturated rings. The maximum absolute atomic E-state index is 13.5. The van der Waals surface area contributed by atoms with Crippen molar-refractivity contribution in [2.45, 2.75) is 0 Å². The van der Waals surface area contributed by atoms with Crippen molar-refractivity contribution in [3.8, 4) is 11.5 Å². The number of nitrogen functional groups attached to an aromatic ring is 1. The SMILES string of the molecule is Nc1ccc(Oc2cc(F)c(Cl)cc2Br)c(F)c1. The number of halogens is 4. The third-order valence-electron chi connectivity index (χ3n) is 2.15. The molecule has 0 heterocycles. The highest BCUT2D eigenvalue weighted by Gasteiger charge is 2.11. The summed E-state index contributed by atoms with van der Waals surface area (Å²) in [7, 11) is 0. The summed E-state index contributed by atoms with van der Waals surface area (Å²) >= 11 is 8.74. The summed E-state index contributed by atoms with van der Waals surface area (Å²) < 4.78 is 32.5. The summed E-state index contributed by atoms with van der Waals surface area (Å²) in [6.07, 6.45) is 0. The first-order chi connectivity index (χ1) is 8.47. The van der Waals surface area contributed by atoms with Gasteiger partial charge in [-0.3, -0.25) is 0 Å². The second-order valence-corrected chi connectivity index (χ2v) is 4.75. The molecule has 0 saturated heterocycles. The van der Waals surface area contributed by atoms with Gasteiger partial charge in [0.25, 0.3) is 0 Å². The predicted octanol–water partition coefficient (Wildman–Crippen LogP) is 4.76. The second kappa shape index (κ2) is 5.12. The van der Waals surface area contributed by atoms with E-state index in [4.69, 9.17) is 22.1 Å². The minimum Gasteiger partial charge on any atom is -0.453 e. The Hall–Kier alpha value is -1.33. The van der Waals surface area contributed by atoms with Crippen molar-refractivity contribution < 1.29 is 13.5 Å². The monoisotopic (exact) mass is 333 g/mol. The molecule has 0 saturated carbocycles. The zero-order chi connectivity index (χ0) is 13.3. The molecular formula is C12H7BrClF2NO. The van der Waals surface area contributed by atoms with Crippen molar-refractivity contribution in [1.29, 1.82) is 0 Å². The first kappa shape index (κ1) is 13.1. The van der Waals surface area contributed by atoms with Gasteiger partial charge in [0.1, 0.15) is 11.6 Å². The fourth-order valence-corrected chi connectivity index (χ4v) is 2.02. The molecule has 2 nitrogen and oxygen atoms in total. The van der Waals surface area contributed by atoms with E-state index in [1.165, 1.54) is 18.2 Å². The maximum Gasteiger partial charge on any atom is 0.167 e. The number of hydrogen-bond acceptors (Lipinski definition) is 2. The Morgan fingerprint density at radius 1 is 1.06 bits per heavy atom. The largest absolute Gasteiger partial charge is 0.453 e. The van der Waals surface area contributed by atoms with Gasteiger partial charge in [-0.15, -0.1) is 0 Å². The lowest BCUT2D eigenvalue weighted by atomic mass is 10.3. The summed E-state index contributed by atoms with van der Waals surface area (Å²) in [5.74, 6) is -1.20. The summed E-state index contributed by atoms with van der Waals surface area (Å²) in [4.78, 5) is 0. The second-order valence-electron chi connectivity index (χ2n) is 3.49. The molecular weight excluding hydrogens is 327 g/mol. The van der Waals surface area contributed by atoms with Gasteiger partial charge in [0.2, 0.25) is 0 Å². The number of anilines is 1. The van der Waals surface area contributed by atoms with Crippen LogP contribution in [0.3, 0.4) is 0 Å². The first-order valence-electron chi connectivity index (χ1n) is 4.85. The maximum atomic E-state index is 13.5. The fraction of sp³-hybridized carbons (Fsp3) is 0. The van der Waals surface area contributed by atoms with Crippen molar-refractivity contribution in [2.75, 3.05) is 5.73 Å². The van der Waals surface area contributed by atoms with Gasteiger partial charge in [0.15, 0.2) is 11.6 Å². The van der Waals surface area contributed by atoms with Gasteiger partial charge in [0, 0.05) is 17.8 Å². The van der Waals surface area contributed by atoms with Crippen LogP contribution in [0.5, 0.6) is 11.5 Å². The van der Waals surface area contributed by atoms with E-state index in [1.807, 2.05) is 0 Å². The standard InChI is InChI=1S/C12H7BrClF2NO/c13-7-4-8(14)9(15)5-12(7)18-11-2-1-6(17)3-10(11)16/h1-5H,17H2. The van der Waals surface area contributed by atoms with Crippen LogP contribution < -0.4 is 10.5 Å². The topological polar surface area (TPSA) is 35.2 Å². The van der Waals surface area contributed by atoms with E-state index in [2.05, 4.69) is 15.9 Å². The minimum absolute atomic E-state index is 0.0491. The third-order valence-corrected chi connectivity index (χ3v) is 3.06. The lowest BCUT2D eigenvalue weighted by Gasteiger charge is -2.09. The van der Waals surface area contributed by atoms with Crippen LogP contribution in [0.2, 0.25) is 5.02 Å². The highest BCUT2D eigenvalue weighted by molar-refractivity contribution is 9.10. The summed E-state index contributed by atoms with van der Waals surface area (Å²) in [6, 6.07) is 6.38. The molecule has 2 rings (SSSR count). The molecule has 0 aliphatic heterocycles. The molecule has 0 aromatic heterocycles. The Morgan fingerprint density at radius 3 is 2.44 bits per heavy atom. The zero-order valence-electron chi connectivity index (χ0n) is 8.88. The molecule has 0 atom stereocenters. The molecule has 6 heteroatoms. The predicted molar refractivity (Wildman–Crippen MR) is 70.0 cm³/mol.